The lowest BCUT2D eigenvalue weighted by Gasteiger charge is -1.88. The summed E-state index contributed by atoms with van der Waals surface area (Å²) in [6.45, 7) is 0. The highest BCUT2D eigenvalue weighted by atomic mass is 16.5. The molecule has 5 heteroatoms. The molecule has 1 heterocycles. The molecule has 0 bridgehead atoms. The second kappa shape index (κ2) is 3.50. The smallest absolute Gasteiger partial charge is 0.332 e. The van der Waals surface area contributed by atoms with Crippen LogP contribution in [0, 0.1) is 0 Å². The fraction of sp³-hybridized carbons (Fsp3) is 0.167. The number of ether oxygens (including phenoxy) is 1. The molecule has 0 atom stereocenters. The number of carbonyl (C=O) groups is 1. The van der Waals surface area contributed by atoms with Crippen LogP contribution in [0.25, 0.3) is 6.20 Å². The van der Waals surface area contributed by atoms with Gasteiger partial charge in [0.05, 0.1) is 19.5 Å². The molecular weight excluding hydrogens is 146 g/mol. The fourth-order valence-corrected chi connectivity index (χ4v) is 0.502. The molecule has 0 amide bonds. The van der Waals surface area contributed by atoms with Gasteiger partial charge < -0.3 is 4.74 Å². The highest BCUT2D eigenvalue weighted by Crippen LogP contribution is 1.83. The second-order valence-corrected chi connectivity index (χ2v) is 1.72. The molecular formula is C6H7N3O2. The van der Waals surface area contributed by atoms with E-state index in [9.17, 15) is 4.79 Å². The molecule has 0 radical (unpaired) electrons. The highest BCUT2D eigenvalue weighted by molar-refractivity contribution is 5.84. The Morgan fingerprint density at radius 1 is 1.73 bits per heavy atom. The fourth-order valence-electron chi connectivity index (χ4n) is 0.502. The van der Waals surface area contributed by atoms with E-state index in [1.165, 1.54) is 30.3 Å². The van der Waals surface area contributed by atoms with Crippen molar-refractivity contribution in [2.24, 2.45) is 0 Å². The van der Waals surface area contributed by atoms with E-state index in [0.29, 0.717) is 0 Å². The summed E-state index contributed by atoms with van der Waals surface area (Å²) in [5.74, 6) is -0.416. The largest absolute Gasteiger partial charge is 0.466 e. The van der Waals surface area contributed by atoms with Crippen LogP contribution in [0.2, 0.25) is 0 Å². The number of carbonyl (C=O) groups excluding carboxylic acids is 1. The van der Waals surface area contributed by atoms with Crippen molar-refractivity contribution in [3.05, 3.63) is 18.5 Å². The normalized spacial score (nSPS) is 10.3. The van der Waals surface area contributed by atoms with Crippen LogP contribution in [0.3, 0.4) is 0 Å². The average molecular weight is 153 g/mol. The molecule has 11 heavy (non-hydrogen) atoms. The standard InChI is InChI=1S/C6H7N3O2/c1-11-6(10)2-4-9-5-3-7-8-9/h2-5H,1H3/b4-2+. The first kappa shape index (κ1) is 7.46. The lowest BCUT2D eigenvalue weighted by Crippen LogP contribution is -1.95. The van der Waals surface area contributed by atoms with Gasteiger partial charge in [-0.05, 0) is 0 Å². The van der Waals surface area contributed by atoms with E-state index in [4.69, 9.17) is 0 Å². The predicted molar refractivity (Wildman–Crippen MR) is 37.4 cm³/mol. The summed E-state index contributed by atoms with van der Waals surface area (Å²) >= 11 is 0. The van der Waals surface area contributed by atoms with Crippen molar-refractivity contribution in [1.82, 2.24) is 15.0 Å². The molecule has 1 aromatic rings. The Hall–Kier alpha value is -1.65. The van der Waals surface area contributed by atoms with Crippen molar-refractivity contribution in [3.63, 3.8) is 0 Å². The van der Waals surface area contributed by atoms with E-state index in [0.717, 1.165) is 0 Å². The van der Waals surface area contributed by atoms with Crippen LogP contribution in [0.15, 0.2) is 18.5 Å². The van der Waals surface area contributed by atoms with Gasteiger partial charge in [0.25, 0.3) is 0 Å². The second-order valence-electron chi connectivity index (χ2n) is 1.72. The van der Waals surface area contributed by atoms with Crippen molar-refractivity contribution in [3.8, 4) is 0 Å². The van der Waals surface area contributed by atoms with Crippen molar-refractivity contribution in [2.45, 2.75) is 0 Å². The summed E-state index contributed by atoms with van der Waals surface area (Å²) in [6, 6.07) is 0. The van der Waals surface area contributed by atoms with Crippen LogP contribution in [0.1, 0.15) is 0 Å². The number of hydrogen-bond acceptors (Lipinski definition) is 4. The molecule has 0 aliphatic heterocycles. The monoisotopic (exact) mass is 153 g/mol. The maximum absolute atomic E-state index is 10.5. The summed E-state index contributed by atoms with van der Waals surface area (Å²) in [5, 5.41) is 7.13. The molecule has 1 rings (SSSR count). The highest BCUT2D eigenvalue weighted by Gasteiger charge is 1.89. The molecule has 5 nitrogen and oxygen atoms in total. The van der Waals surface area contributed by atoms with Crippen LogP contribution < -0.4 is 0 Å². The Morgan fingerprint density at radius 2 is 2.55 bits per heavy atom. The Balaban J connectivity index is 2.55. The minimum atomic E-state index is -0.416. The number of esters is 1. The van der Waals surface area contributed by atoms with Gasteiger partial charge in [-0.2, -0.15) is 0 Å². The number of nitrogens with zero attached hydrogens (tertiary/aromatic N) is 3. The number of aromatic nitrogens is 3. The van der Waals surface area contributed by atoms with Crippen molar-refractivity contribution >= 4 is 12.2 Å². The minimum Gasteiger partial charge on any atom is -0.466 e. The van der Waals surface area contributed by atoms with Crippen LogP contribution in [0.4, 0.5) is 0 Å². The van der Waals surface area contributed by atoms with Gasteiger partial charge in [-0.25, -0.2) is 9.48 Å². The molecule has 0 N–H and O–H groups in total. The van der Waals surface area contributed by atoms with Crippen LogP contribution in [-0.4, -0.2) is 28.1 Å². The summed E-state index contributed by atoms with van der Waals surface area (Å²) in [6.07, 6.45) is 5.84. The maximum Gasteiger partial charge on any atom is 0.332 e. The zero-order valence-electron chi connectivity index (χ0n) is 5.97. The summed E-state index contributed by atoms with van der Waals surface area (Å²) < 4.78 is 5.76. The van der Waals surface area contributed by atoms with E-state index in [1.54, 1.807) is 6.20 Å². The maximum atomic E-state index is 10.5. The zero-order valence-corrected chi connectivity index (χ0v) is 5.97. The third-order valence-corrected chi connectivity index (χ3v) is 1.01. The average Bonchev–Trinajstić information content (AvgIpc) is 2.52. The molecule has 0 saturated heterocycles. The van der Waals surface area contributed by atoms with Crippen molar-refractivity contribution in [1.29, 1.82) is 0 Å². The predicted octanol–water partition coefficient (Wildman–Crippen LogP) is -0.0782. The van der Waals surface area contributed by atoms with Gasteiger partial charge in [-0.1, -0.05) is 5.21 Å². The van der Waals surface area contributed by atoms with E-state index in [-0.39, 0.29) is 0 Å². The van der Waals surface area contributed by atoms with E-state index >= 15 is 0 Å². The first-order valence-corrected chi connectivity index (χ1v) is 2.95. The van der Waals surface area contributed by atoms with Crippen LogP contribution in [0.5, 0.6) is 0 Å². The molecule has 0 saturated carbocycles. The first-order chi connectivity index (χ1) is 5.33. The molecule has 0 aromatic carbocycles. The molecule has 0 aliphatic rings. The van der Waals surface area contributed by atoms with Gasteiger partial charge in [-0.15, -0.1) is 5.10 Å². The molecule has 0 spiro atoms. The molecule has 0 aliphatic carbocycles. The first-order valence-electron chi connectivity index (χ1n) is 2.95. The van der Waals surface area contributed by atoms with Crippen molar-refractivity contribution < 1.29 is 9.53 Å². The Labute approximate surface area is 63.3 Å². The topological polar surface area (TPSA) is 57.0 Å². The Kier molecular flexibility index (Phi) is 2.37. The lowest BCUT2D eigenvalue weighted by molar-refractivity contribution is -0.134. The number of hydrogen-bond donors (Lipinski definition) is 0. The van der Waals surface area contributed by atoms with Gasteiger partial charge in [-0.3, -0.25) is 0 Å². The summed E-state index contributed by atoms with van der Waals surface area (Å²) in [7, 11) is 1.31. The molecule has 0 fully saturated rings. The van der Waals surface area contributed by atoms with Crippen molar-refractivity contribution in [2.75, 3.05) is 7.11 Å². The Bertz CT molecular complexity index is 253. The van der Waals surface area contributed by atoms with Gasteiger partial charge in [0, 0.05) is 12.3 Å². The van der Waals surface area contributed by atoms with Gasteiger partial charge >= 0.3 is 5.97 Å². The van der Waals surface area contributed by atoms with Crippen LogP contribution in [-0.2, 0) is 9.53 Å². The Morgan fingerprint density at radius 3 is 3.09 bits per heavy atom. The minimum absolute atomic E-state index is 0.416. The summed E-state index contributed by atoms with van der Waals surface area (Å²) in [4.78, 5) is 10.5. The SMILES string of the molecule is COC(=O)/C=C/n1ccnn1. The molecule has 1 aromatic heterocycles. The zero-order chi connectivity index (χ0) is 8.10. The quantitative estimate of drug-likeness (QED) is 0.440. The van der Waals surface area contributed by atoms with E-state index in [1.807, 2.05) is 0 Å². The van der Waals surface area contributed by atoms with E-state index in [2.05, 4.69) is 15.0 Å². The lowest BCUT2D eigenvalue weighted by atomic mass is 10.6. The van der Waals surface area contributed by atoms with Gasteiger partial charge in [0.1, 0.15) is 0 Å². The number of rotatable bonds is 2. The van der Waals surface area contributed by atoms with Crippen LogP contribution >= 0.6 is 0 Å². The van der Waals surface area contributed by atoms with Gasteiger partial charge in [0.2, 0.25) is 0 Å². The third kappa shape index (κ3) is 2.21. The summed E-state index contributed by atoms with van der Waals surface area (Å²) in [5.41, 5.74) is 0. The molecule has 58 valence electrons. The van der Waals surface area contributed by atoms with Gasteiger partial charge in [0.15, 0.2) is 0 Å². The van der Waals surface area contributed by atoms with E-state index < -0.39 is 5.97 Å². The number of methoxy groups -OCH3 is 1. The third-order valence-electron chi connectivity index (χ3n) is 1.01. The molecule has 0 unspecified atom stereocenters.